The van der Waals surface area contributed by atoms with E-state index in [2.05, 4.69) is 20.2 Å². The SMILES string of the molecule is COc1cc(CN=Nc2ncnc3c(C)csc23)ccc1O. The van der Waals surface area contributed by atoms with Crippen LogP contribution in [0.5, 0.6) is 11.5 Å². The van der Waals surface area contributed by atoms with Crippen molar-refractivity contribution in [3.05, 3.63) is 41.0 Å². The molecule has 0 bridgehead atoms. The molecule has 0 aliphatic rings. The molecule has 2 aromatic heterocycles. The molecule has 0 fully saturated rings. The second-order valence-electron chi connectivity index (χ2n) is 4.70. The Bertz CT molecular complexity index is 845. The number of methoxy groups -OCH3 is 1. The fraction of sp³-hybridized carbons (Fsp3) is 0.200. The Morgan fingerprint density at radius 3 is 3.00 bits per heavy atom. The van der Waals surface area contributed by atoms with Gasteiger partial charge in [-0.1, -0.05) is 6.07 Å². The van der Waals surface area contributed by atoms with Crippen molar-refractivity contribution in [2.75, 3.05) is 7.11 Å². The minimum atomic E-state index is 0.106. The Balaban J connectivity index is 1.82. The minimum Gasteiger partial charge on any atom is -0.504 e. The number of phenols is 1. The number of thiophene rings is 1. The first-order valence-electron chi connectivity index (χ1n) is 6.61. The minimum absolute atomic E-state index is 0.106. The standard InChI is InChI=1S/C15H14N4O2S/c1-9-7-22-14-13(9)16-8-17-15(14)19-18-6-10-3-4-11(20)12(5-10)21-2/h3-5,7-8,20H,6H2,1-2H3. The van der Waals surface area contributed by atoms with Gasteiger partial charge in [0.25, 0.3) is 0 Å². The quantitative estimate of drug-likeness (QED) is 0.738. The van der Waals surface area contributed by atoms with Gasteiger partial charge in [-0.25, -0.2) is 9.97 Å². The van der Waals surface area contributed by atoms with Gasteiger partial charge in [0.05, 0.1) is 23.9 Å². The van der Waals surface area contributed by atoms with E-state index in [4.69, 9.17) is 4.74 Å². The summed E-state index contributed by atoms with van der Waals surface area (Å²) in [6, 6.07) is 5.09. The molecule has 7 heteroatoms. The molecule has 0 amide bonds. The number of fused-ring (bicyclic) bond motifs is 1. The molecule has 3 rings (SSSR count). The number of aryl methyl sites for hydroxylation is 1. The molecule has 6 nitrogen and oxygen atoms in total. The number of aromatic hydroxyl groups is 1. The van der Waals surface area contributed by atoms with E-state index >= 15 is 0 Å². The zero-order valence-electron chi connectivity index (χ0n) is 12.1. The summed E-state index contributed by atoms with van der Waals surface area (Å²) < 4.78 is 6.01. The summed E-state index contributed by atoms with van der Waals surface area (Å²) in [5.74, 6) is 1.11. The van der Waals surface area contributed by atoms with Crippen LogP contribution in [0.4, 0.5) is 5.82 Å². The van der Waals surface area contributed by atoms with Crippen molar-refractivity contribution < 1.29 is 9.84 Å². The van der Waals surface area contributed by atoms with Crippen LogP contribution in [-0.4, -0.2) is 22.2 Å². The van der Waals surface area contributed by atoms with Gasteiger partial charge in [-0.05, 0) is 35.6 Å². The van der Waals surface area contributed by atoms with Gasteiger partial charge in [0, 0.05) is 0 Å². The van der Waals surface area contributed by atoms with Crippen LogP contribution in [-0.2, 0) is 6.54 Å². The first-order valence-corrected chi connectivity index (χ1v) is 7.49. The van der Waals surface area contributed by atoms with Crippen molar-refractivity contribution in [3.8, 4) is 11.5 Å². The molecule has 2 heterocycles. The van der Waals surface area contributed by atoms with Crippen molar-refractivity contribution in [2.24, 2.45) is 10.2 Å². The van der Waals surface area contributed by atoms with Crippen LogP contribution in [0.25, 0.3) is 10.2 Å². The lowest BCUT2D eigenvalue weighted by Crippen LogP contribution is -1.87. The summed E-state index contributed by atoms with van der Waals surface area (Å²) in [6.45, 7) is 2.39. The predicted molar refractivity (Wildman–Crippen MR) is 85.0 cm³/mol. The third kappa shape index (κ3) is 2.75. The lowest BCUT2D eigenvalue weighted by atomic mass is 10.2. The van der Waals surface area contributed by atoms with Crippen molar-refractivity contribution in [1.29, 1.82) is 0 Å². The maximum atomic E-state index is 9.56. The second kappa shape index (κ2) is 6.07. The summed E-state index contributed by atoms with van der Waals surface area (Å²) >= 11 is 1.56. The van der Waals surface area contributed by atoms with Crippen LogP contribution in [0.3, 0.4) is 0 Å². The average Bonchev–Trinajstić information content (AvgIpc) is 2.91. The highest BCUT2D eigenvalue weighted by atomic mass is 32.1. The van der Waals surface area contributed by atoms with Gasteiger partial charge in [0.15, 0.2) is 17.3 Å². The van der Waals surface area contributed by atoms with Crippen molar-refractivity contribution in [2.45, 2.75) is 13.5 Å². The van der Waals surface area contributed by atoms with E-state index in [1.165, 1.54) is 13.4 Å². The molecule has 0 unspecified atom stereocenters. The molecule has 112 valence electrons. The first-order chi connectivity index (χ1) is 10.7. The lowest BCUT2D eigenvalue weighted by molar-refractivity contribution is 0.373. The van der Waals surface area contributed by atoms with Gasteiger partial charge < -0.3 is 9.84 Å². The van der Waals surface area contributed by atoms with Gasteiger partial charge in [-0.2, -0.15) is 5.11 Å². The lowest BCUT2D eigenvalue weighted by Gasteiger charge is -2.04. The Morgan fingerprint density at radius 1 is 1.32 bits per heavy atom. The van der Waals surface area contributed by atoms with Gasteiger partial charge >= 0.3 is 0 Å². The predicted octanol–water partition coefficient (Wildman–Crippen LogP) is 4.00. The summed E-state index contributed by atoms with van der Waals surface area (Å²) in [6.07, 6.45) is 1.50. The summed E-state index contributed by atoms with van der Waals surface area (Å²) in [4.78, 5) is 8.43. The second-order valence-corrected chi connectivity index (χ2v) is 5.58. The third-order valence-corrected chi connectivity index (χ3v) is 4.26. The Hall–Kier alpha value is -2.54. The van der Waals surface area contributed by atoms with E-state index in [1.807, 2.05) is 12.3 Å². The molecule has 1 aromatic carbocycles. The van der Waals surface area contributed by atoms with Crippen molar-refractivity contribution in [1.82, 2.24) is 9.97 Å². The topological polar surface area (TPSA) is 80.0 Å². The molecule has 0 aliphatic carbocycles. The monoisotopic (exact) mass is 314 g/mol. The van der Waals surface area contributed by atoms with E-state index < -0.39 is 0 Å². The highest BCUT2D eigenvalue weighted by Crippen LogP contribution is 2.31. The van der Waals surface area contributed by atoms with Crippen LogP contribution >= 0.6 is 11.3 Å². The zero-order chi connectivity index (χ0) is 15.5. The Labute approximate surface area is 131 Å². The number of phenolic OH excluding ortho intramolecular Hbond substituents is 1. The van der Waals surface area contributed by atoms with Crippen LogP contribution in [0.2, 0.25) is 0 Å². The Morgan fingerprint density at radius 2 is 2.18 bits per heavy atom. The highest BCUT2D eigenvalue weighted by Gasteiger charge is 2.07. The molecular formula is C15H14N4O2S. The molecule has 1 N–H and O–H groups in total. The normalized spacial score (nSPS) is 11.4. The maximum absolute atomic E-state index is 9.56. The van der Waals surface area contributed by atoms with E-state index in [-0.39, 0.29) is 5.75 Å². The van der Waals surface area contributed by atoms with E-state index in [0.717, 1.165) is 21.3 Å². The molecule has 0 saturated heterocycles. The van der Waals surface area contributed by atoms with Gasteiger partial charge in [-0.15, -0.1) is 16.5 Å². The number of nitrogens with zero attached hydrogens (tertiary/aromatic N) is 4. The summed E-state index contributed by atoms with van der Waals surface area (Å²) in [5.41, 5.74) is 2.92. The van der Waals surface area contributed by atoms with Gasteiger partial charge in [0.1, 0.15) is 6.33 Å². The van der Waals surface area contributed by atoms with E-state index in [1.54, 1.807) is 29.5 Å². The first kappa shape index (κ1) is 14.4. The number of hydrogen-bond acceptors (Lipinski definition) is 7. The molecule has 0 atom stereocenters. The number of ether oxygens (including phenoxy) is 1. The summed E-state index contributed by atoms with van der Waals surface area (Å²) in [5, 5.41) is 20.0. The number of hydrogen-bond donors (Lipinski definition) is 1. The Kier molecular flexibility index (Phi) is 3.97. The number of rotatable bonds is 4. The van der Waals surface area contributed by atoms with Crippen LogP contribution < -0.4 is 4.74 Å². The summed E-state index contributed by atoms with van der Waals surface area (Å²) in [7, 11) is 1.51. The number of benzene rings is 1. The van der Waals surface area contributed by atoms with E-state index in [0.29, 0.717) is 18.1 Å². The van der Waals surface area contributed by atoms with Crippen LogP contribution in [0.1, 0.15) is 11.1 Å². The maximum Gasteiger partial charge on any atom is 0.195 e. The van der Waals surface area contributed by atoms with E-state index in [9.17, 15) is 5.11 Å². The fourth-order valence-electron chi connectivity index (χ4n) is 2.03. The number of aromatic nitrogens is 2. The largest absolute Gasteiger partial charge is 0.504 e. The van der Waals surface area contributed by atoms with Gasteiger partial charge in [-0.3, -0.25) is 0 Å². The van der Waals surface area contributed by atoms with Crippen molar-refractivity contribution in [3.63, 3.8) is 0 Å². The van der Waals surface area contributed by atoms with Crippen molar-refractivity contribution >= 4 is 27.4 Å². The third-order valence-electron chi connectivity index (χ3n) is 3.17. The molecule has 3 aromatic rings. The zero-order valence-corrected chi connectivity index (χ0v) is 13.0. The average molecular weight is 314 g/mol. The highest BCUT2D eigenvalue weighted by molar-refractivity contribution is 7.17. The molecule has 0 aliphatic heterocycles. The fourth-order valence-corrected chi connectivity index (χ4v) is 2.96. The van der Waals surface area contributed by atoms with Crippen LogP contribution in [0, 0.1) is 6.92 Å². The molecule has 0 spiro atoms. The molecule has 0 radical (unpaired) electrons. The number of azo groups is 1. The molecule has 22 heavy (non-hydrogen) atoms. The molecular weight excluding hydrogens is 300 g/mol. The van der Waals surface area contributed by atoms with Gasteiger partial charge in [0.2, 0.25) is 0 Å². The smallest absolute Gasteiger partial charge is 0.195 e. The molecule has 0 saturated carbocycles. The van der Waals surface area contributed by atoms with Crippen LogP contribution in [0.15, 0.2) is 40.1 Å².